The fourth-order valence-corrected chi connectivity index (χ4v) is 1.38. The van der Waals surface area contributed by atoms with Crippen molar-refractivity contribution in [3.8, 4) is 0 Å². The molecule has 0 amide bonds. The van der Waals surface area contributed by atoms with Crippen LogP contribution in [0, 0.1) is 13.8 Å². The van der Waals surface area contributed by atoms with Crippen LogP contribution in [-0.4, -0.2) is 6.34 Å². The van der Waals surface area contributed by atoms with Gasteiger partial charge in [-0.3, -0.25) is 0 Å². The lowest BCUT2D eigenvalue weighted by Crippen LogP contribution is -1.87. The van der Waals surface area contributed by atoms with E-state index in [4.69, 9.17) is 0 Å². The van der Waals surface area contributed by atoms with Gasteiger partial charge in [-0.1, -0.05) is 17.7 Å². The fraction of sp³-hybridized carbons (Fsp3) is 0.182. The van der Waals surface area contributed by atoms with Gasteiger partial charge in [0.15, 0.2) is 0 Å². The van der Waals surface area contributed by atoms with E-state index in [1.807, 2.05) is 0 Å². The zero-order chi connectivity index (χ0) is 9.26. The molecule has 1 radical (unpaired) electrons. The van der Waals surface area contributed by atoms with E-state index in [2.05, 4.69) is 42.4 Å². The van der Waals surface area contributed by atoms with Crippen molar-refractivity contribution in [2.24, 2.45) is 4.99 Å². The number of rotatable bonds is 1. The van der Waals surface area contributed by atoms with Gasteiger partial charge < -0.3 is 0 Å². The van der Waals surface area contributed by atoms with Gasteiger partial charge in [-0.05, 0) is 25.5 Å². The van der Waals surface area contributed by atoms with Gasteiger partial charge in [0.1, 0.15) is 6.34 Å². The molecule has 1 heterocycles. The topological polar surface area (TPSA) is 26.5 Å². The number of nitrogens with zero attached hydrogens (tertiary/aromatic N) is 2. The van der Waals surface area contributed by atoms with Crippen molar-refractivity contribution in [2.45, 2.75) is 13.8 Å². The van der Waals surface area contributed by atoms with Crippen LogP contribution < -0.4 is 5.32 Å². The number of hydrogen-bond donors (Lipinski definition) is 0. The average molecular weight is 171 g/mol. The second-order valence-corrected chi connectivity index (χ2v) is 3.23. The molecule has 1 aliphatic heterocycles. The van der Waals surface area contributed by atoms with E-state index in [0.29, 0.717) is 0 Å². The van der Waals surface area contributed by atoms with E-state index in [1.54, 1.807) is 12.5 Å². The molecular weight excluding hydrogens is 160 g/mol. The maximum absolute atomic E-state index is 4.18. The van der Waals surface area contributed by atoms with E-state index in [0.717, 1.165) is 5.70 Å². The van der Waals surface area contributed by atoms with E-state index >= 15 is 0 Å². The summed E-state index contributed by atoms with van der Waals surface area (Å²) in [4.78, 5) is 4.18. The average Bonchev–Trinajstić information content (AvgIpc) is 2.61. The summed E-state index contributed by atoms with van der Waals surface area (Å²) in [5.41, 5.74) is 4.63. The van der Waals surface area contributed by atoms with Crippen molar-refractivity contribution < 1.29 is 0 Å². The molecule has 0 N–H and O–H groups in total. The van der Waals surface area contributed by atoms with Crippen molar-refractivity contribution in [3.05, 3.63) is 41.1 Å². The van der Waals surface area contributed by atoms with Crippen molar-refractivity contribution in [2.75, 3.05) is 0 Å². The first-order valence-corrected chi connectivity index (χ1v) is 4.27. The summed E-state index contributed by atoms with van der Waals surface area (Å²) in [6.07, 6.45) is 3.37. The lowest BCUT2D eigenvalue weighted by atomic mass is 10.0. The van der Waals surface area contributed by atoms with Crippen LogP contribution in [0.25, 0.3) is 5.70 Å². The van der Waals surface area contributed by atoms with Crippen LogP contribution in [0.1, 0.15) is 16.7 Å². The van der Waals surface area contributed by atoms with Gasteiger partial charge in [0, 0.05) is 5.56 Å². The molecule has 13 heavy (non-hydrogen) atoms. The van der Waals surface area contributed by atoms with Crippen molar-refractivity contribution >= 4 is 12.0 Å². The molecule has 2 rings (SSSR count). The van der Waals surface area contributed by atoms with Gasteiger partial charge in [0.2, 0.25) is 0 Å². The Bertz CT molecular complexity index is 389. The van der Waals surface area contributed by atoms with Crippen molar-refractivity contribution in [1.29, 1.82) is 0 Å². The SMILES string of the molecule is Cc1ccc(C)c(C2=C[N]C=N2)c1. The molecule has 0 atom stereocenters. The zero-order valence-electron chi connectivity index (χ0n) is 7.78. The van der Waals surface area contributed by atoms with Gasteiger partial charge in [-0.15, -0.1) is 0 Å². The van der Waals surface area contributed by atoms with Crippen LogP contribution >= 0.6 is 0 Å². The molecule has 2 nitrogen and oxygen atoms in total. The molecule has 0 saturated carbocycles. The Labute approximate surface area is 78.0 Å². The van der Waals surface area contributed by atoms with E-state index in [1.165, 1.54) is 16.7 Å². The smallest absolute Gasteiger partial charge is 0.116 e. The molecule has 0 aliphatic carbocycles. The first kappa shape index (κ1) is 8.05. The summed E-state index contributed by atoms with van der Waals surface area (Å²) >= 11 is 0. The second kappa shape index (κ2) is 3.05. The largest absolute Gasteiger partial charge is 0.243 e. The zero-order valence-corrected chi connectivity index (χ0v) is 7.78. The normalized spacial score (nSPS) is 14.2. The van der Waals surface area contributed by atoms with Gasteiger partial charge in [0.25, 0.3) is 0 Å². The summed E-state index contributed by atoms with van der Waals surface area (Å²) in [6.45, 7) is 4.17. The Balaban J connectivity index is 2.50. The summed E-state index contributed by atoms with van der Waals surface area (Å²) in [5, 5.41) is 3.96. The van der Waals surface area contributed by atoms with E-state index in [9.17, 15) is 0 Å². The predicted octanol–water partition coefficient (Wildman–Crippen LogP) is 2.25. The summed E-state index contributed by atoms with van der Waals surface area (Å²) in [6, 6.07) is 6.36. The standard InChI is InChI=1S/C11H11N2/c1-8-3-4-9(2)10(5-8)11-6-12-7-13-11/h3-7H,1-2H3. The molecule has 2 heteroatoms. The number of hydrogen-bond acceptors (Lipinski definition) is 1. The third-order valence-electron chi connectivity index (χ3n) is 2.13. The minimum absolute atomic E-state index is 0.959. The number of aliphatic imine (C=N–C) groups is 1. The summed E-state index contributed by atoms with van der Waals surface area (Å²) < 4.78 is 0. The molecule has 0 bridgehead atoms. The van der Waals surface area contributed by atoms with Crippen LogP contribution in [0.4, 0.5) is 0 Å². The molecule has 0 fully saturated rings. The molecule has 1 aromatic carbocycles. The molecule has 65 valence electrons. The molecular formula is C11H11N2. The summed E-state index contributed by atoms with van der Waals surface area (Å²) in [5.74, 6) is 0. The molecule has 0 saturated heterocycles. The minimum Gasteiger partial charge on any atom is -0.243 e. The third-order valence-corrected chi connectivity index (χ3v) is 2.13. The number of aryl methyl sites for hydroxylation is 2. The monoisotopic (exact) mass is 171 g/mol. The highest BCUT2D eigenvalue weighted by Crippen LogP contribution is 2.22. The third kappa shape index (κ3) is 1.47. The lowest BCUT2D eigenvalue weighted by Gasteiger charge is -2.04. The van der Waals surface area contributed by atoms with E-state index in [-0.39, 0.29) is 0 Å². The fourth-order valence-electron chi connectivity index (χ4n) is 1.38. The highest BCUT2D eigenvalue weighted by Gasteiger charge is 2.06. The lowest BCUT2D eigenvalue weighted by molar-refractivity contribution is 1.32. The first-order chi connectivity index (χ1) is 6.27. The molecule has 0 unspecified atom stereocenters. The van der Waals surface area contributed by atoms with Gasteiger partial charge in [-0.25, -0.2) is 10.3 Å². The minimum atomic E-state index is 0.959. The highest BCUT2D eigenvalue weighted by atomic mass is 15.0. The predicted molar refractivity (Wildman–Crippen MR) is 54.5 cm³/mol. The summed E-state index contributed by atoms with van der Waals surface area (Å²) in [7, 11) is 0. The first-order valence-electron chi connectivity index (χ1n) is 4.27. The highest BCUT2D eigenvalue weighted by molar-refractivity contribution is 5.80. The Hall–Kier alpha value is -1.57. The van der Waals surface area contributed by atoms with Crippen molar-refractivity contribution in [1.82, 2.24) is 5.32 Å². The van der Waals surface area contributed by atoms with Crippen LogP contribution in [0.5, 0.6) is 0 Å². The maximum atomic E-state index is 4.18. The number of benzene rings is 1. The van der Waals surface area contributed by atoms with Crippen molar-refractivity contribution in [3.63, 3.8) is 0 Å². The van der Waals surface area contributed by atoms with Gasteiger partial charge >= 0.3 is 0 Å². The van der Waals surface area contributed by atoms with Gasteiger partial charge in [-0.2, -0.15) is 0 Å². The van der Waals surface area contributed by atoms with Crippen LogP contribution in [0.3, 0.4) is 0 Å². The molecule has 0 spiro atoms. The Kier molecular flexibility index (Phi) is 1.89. The molecule has 0 aromatic heterocycles. The molecule has 1 aromatic rings. The van der Waals surface area contributed by atoms with Crippen LogP contribution in [0.15, 0.2) is 29.4 Å². The Morgan fingerprint density at radius 3 is 2.69 bits per heavy atom. The quantitative estimate of drug-likeness (QED) is 0.619. The maximum Gasteiger partial charge on any atom is 0.116 e. The Morgan fingerprint density at radius 1 is 1.15 bits per heavy atom. The van der Waals surface area contributed by atoms with Crippen LogP contribution in [-0.2, 0) is 0 Å². The van der Waals surface area contributed by atoms with E-state index < -0.39 is 0 Å². The second-order valence-electron chi connectivity index (χ2n) is 3.23. The van der Waals surface area contributed by atoms with Crippen LogP contribution in [0.2, 0.25) is 0 Å². The molecule has 1 aliphatic rings. The van der Waals surface area contributed by atoms with Gasteiger partial charge in [0.05, 0.1) is 11.9 Å². The Morgan fingerprint density at radius 2 is 2.00 bits per heavy atom.